The fourth-order valence-electron chi connectivity index (χ4n) is 2.15. The van der Waals surface area contributed by atoms with Crippen LogP contribution in [0.2, 0.25) is 0 Å². The summed E-state index contributed by atoms with van der Waals surface area (Å²) in [6, 6.07) is 12.0. The Kier molecular flexibility index (Phi) is 6.89. The fraction of sp³-hybridized carbons (Fsp3) is 0.263. The number of methoxy groups -OCH3 is 1. The minimum Gasteiger partial charge on any atom is -0.496 e. The number of benzene rings is 2. The number of nitrogens with one attached hydrogen (secondary N) is 1. The van der Waals surface area contributed by atoms with Crippen molar-refractivity contribution in [2.75, 3.05) is 25.3 Å². The summed E-state index contributed by atoms with van der Waals surface area (Å²) in [7, 11) is 1.53. The van der Waals surface area contributed by atoms with Crippen LogP contribution in [0.5, 0.6) is 5.75 Å². The lowest BCUT2D eigenvalue weighted by molar-refractivity contribution is 0.0505. The first-order valence-electron chi connectivity index (χ1n) is 7.89. The summed E-state index contributed by atoms with van der Waals surface area (Å²) in [6.45, 7) is 2.33. The van der Waals surface area contributed by atoms with Crippen LogP contribution in [0.3, 0.4) is 0 Å². The number of carbonyl (C=O) groups is 2. The monoisotopic (exact) mass is 359 g/mol. The minimum absolute atomic E-state index is 0.272. The number of rotatable bonds is 7. The third-order valence-corrected chi connectivity index (χ3v) is 4.19. The predicted octanol–water partition coefficient (Wildman–Crippen LogP) is 4.24. The number of anilines is 1. The zero-order valence-corrected chi connectivity index (χ0v) is 15.3. The Bertz CT molecular complexity index is 744. The number of esters is 1. The molecule has 0 saturated heterocycles. The lowest BCUT2D eigenvalue weighted by atomic mass is 10.1. The second kappa shape index (κ2) is 9.13. The van der Waals surface area contributed by atoms with Gasteiger partial charge in [0.15, 0.2) is 0 Å². The SMILES string of the molecule is CCCOC(=O)c1ccc(NC(=O)c2ccc(SC)cc2OC)cc1. The molecule has 0 unspecified atom stereocenters. The van der Waals surface area contributed by atoms with E-state index in [1.807, 2.05) is 25.3 Å². The Morgan fingerprint density at radius 1 is 1.12 bits per heavy atom. The van der Waals surface area contributed by atoms with E-state index in [-0.39, 0.29) is 11.9 Å². The molecule has 2 aromatic carbocycles. The smallest absolute Gasteiger partial charge is 0.338 e. The van der Waals surface area contributed by atoms with Crippen LogP contribution in [0.1, 0.15) is 34.1 Å². The van der Waals surface area contributed by atoms with Crippen LogP contribution in [-0.4, -0.2) is 31.8 Å². The lowest BCUT2D eigenvalue weighted by Gasteiger charge is -2.11. The van der Waals surface area contributed by atoms with E-state index in [2.05, 4.69) is 5.32 Å². The molecule has 132 valence electrons. The van der Waals surface area contributed by atoms with Gasteiger partial charge in [0.25, 0.3) is 5.91 Å². The number of hydrogen-bond donors (Lipinski definition) is 1. The Labute approximate surface area is 151 Å². The maximum absolute atomic E-state index is 12.5. The average Bonchev–Trinajstić information content (AvgIpc) is 2.65. The number of hydrogen-bond acceptors (Lipinski definition) is 5. The molecule has 0 aromatic heterocycles. The van der Waals surface area contributed by atoms with E-state index in [1.165, 1.54) is 7.11 Å². The molecule has 1 amide bonds. The molecular weight excluding hydrogens is 338 g/mol. The highest BCUT2D eigenvalue weighted by atomic mass is 32.2. The third-order valence-electron chi connectivity index (χ3n) is 3.47. The van der Waals surface area contributed by atoms with E-state index >= 15 is 0 Å². The van der Waals surface area contributed by atoms with Crippen LogP contribution in [0.15, 0.2) is 47.4 Å². The summed E-state index contributed by atoms with van der Waals surface area (Å²) >= 11 is 1.58. The van der Waals surface area contributed by atoms with Crippen molar-refractivity contribution in [3.05, 3.63) is 53.6 Å². The zero-order chi connectivity index (χ0) is 18.2. The molecule has 0 fully saturated rings. The molecular formula is C19H21NO4S. The lowest BCUT2D eigenvalue weighted by Crippen LogP contribution is -2.13. The van der Waals surface area contributed by atoms with Gasteiger partial charge in [0, 0.05) is 10.6 Å². The largest absolute Gasteiger partial charge is 0.496 e. The van der Waals surface area contributed by atoms with Crippen LogP contribution in [0, 0.1) is 0 Å². The van der Waals surface area contributed by atoms with Gasteiger partial charge in [0.1, 0.15) is 5.75 Å². The normalized spacial score (nSPS) is 10.2. The minimum atomic E-state index is -0.367. The molecule has 0 bridgehead atoms. The molecule has 0 atom stereocenters. The van der Waals surface area contributed by atoms with Gasteiger partial charge in [-0.1, -0.05) is 6.92 Å². The van der Waals surface area contributed by atoms with Crippen molar-refractivity contribution in [1.29, 1.82) is 0 Å². The highest BCUT2D eigenvalue weighted by Crippen LogP contribution is 2.26. The molecule has 5 nitrogen and oxygen atoms in total. The summed E-state index contributed by atoms with van der Waals surface area (Å²) in [4.78, 5) is 25.3. The van der Waals surface area contributed by atoms with Crippen molar-refractivity contribution in [1.82, 2.24) is 0 Å². The standard InChI is InChI=1S/C19H21NO4S/c1-4-11-24-19(22)13-5-7-14(8-6-13)20-18(21)16-10-9-15(25-3)12-17(16)23-2/h5-10,12H,4,11H2,1-3H3,(H,20,21). The fourth-order valence-corrected chi connectivity index (χ4v) is 2.58. The van der Waals surface area contributed by atoms with Crippen molar-refractivity contribution < 1.29 is 19.1 Å². The maximum atomic E-state index is 12.5. The van der Waals surface area contributed by atoms with Gasteiger partial charge in [0.05, 0.1) is 24.8 Å². The molecule has 25 heavy (non-hydrogen) atoms. The Morgan fingerprint density at radius 3 is 2.44 bits per heavy atom. The molecule has 0 aliphatic carbocycles. The summed E-state index contributed by atoms with van der Waals surface area (Å²) < 4.78 is 10.4. The highest BCUT2D eigenvalue weighted by molar-refractivity contribution is 7.98. The van der Waals surface area contributed by atoms with Crippen molar-refractivity contribution in [2.45, 2.75) is 18.2 Å². The van der Waals surface area contributed by atoms with E-state index in [9.17, 15) is 9.59 Å². The first kappa shape index (κ1) is 18.9. The first-order chi connectivity index (χ1) is 12.1. The molecule has 6 heteroatoms. The van der Waals surface area contributed by atoms with Gasteiger partial charge in [-0.15, -0.1) is 11.8 Å². The van der Waals surface area contributed by atoms with Gasteiger partial charge >= 0.3 is 5.97 Å². The Balaban J connectivity index is 2.09. The van der Waals surface area contributed by atoms with Crippen LogP contribution in [-0.2, 0) is 4.74 Å². The van der Waals surface area contributed by atoms with Gasteiger partial charge in [-0.3, -0.25) is 4.79 Å². The summed E-state index contributed by atoms with van der Waals surface area (Å²) in [5, 5.41) is 2.80. The molecule has 0 radical (unpaired) electrons. The number of amides is 1. The molecule has 2 rings (SSSR count). The Hall–Kier alpha value is -2.47. The first-order valence-corrected chi connectivity index (χ1v) is 9.12. The molecule has 0 heterocycles. The Morgan fingerprint density at radius 2 is 1.84 bits per heavy atom. The molecule has 2 aromatic rings. The van der Waals surface area contributed by atoms with Crippen molar-refractivity contribution in [3.63, 3.8) is 0 Å². The second-order valence-electron chi connectivity index (χ2n) is 5.23. The van der Waals surface area contributed by atoms with Crippen LogP contribution < -0.4 is 10.1 Å². The molecule has 0 aliphatic rings. The summed E-state index contributed by atoms with van der Waals surface area (Å²) in [6.07, 6.45) is 2.73. The van der Waals surface area contributed by atoms with Gasteiger partial charge < -0.3 is 14.8 Å². The van der Waals surface area contributed by atoms with Crippen molar-refractivity contribution in [2.24, 2.45) is 0 Å². The van der Waals surface area contributed by atoms with Crippen LogP contribution in [0.25, 0.3) is 0 Å². The molecule has 0 aliphatic heterocycles. The summed E-state index contributed by atoms with van der Waals surface area (Å²) in [5.41, 5.74) is 1.49. The van der Waals surface area contributed by atoms with Crippen molar-refractivity contribution in [3.8, 4) is 5.75 Å². The number of thioether (sulfide) groups is 1. The van der Waals surface area contributed by atoms with Gasteiger partial charge in [-0.05, 0) is 55.1 Å². The van der Waals surface area contributed by atoms with E-state index in [1.54, 1.807) is 42.1 Å². The predicted molar refractivity (Wildman–Crippen MR) is 99.7 cm³/mol. The maximum Gasteiger partial charge on any atom is 0.338 e. The van der Waals surface area contributed by atoms with Gasteiger partial charge in [0.2, 0.25) is 0 Å². The zero-order valence-electron chi connectivity index (χ0n) is 14.5. The molecule has 0 spiro atoms. The topological polar surface area (TPSA) is 64.6 Å². The third kappa shape index (κ3) is 5.00. The van der Waals surface area contributed by atoms with Crippen molar-refractivity contribution >= 4 is 29.3 Å². The number of carbonyl (C=O) groups excluding carboxylic acids is 2. The average molecular weight is 359 g/mol. The van der Waals surface area contributed by atoms with Gasteiger partial charge in [-0.2, -0.15) is 0 Å². The quantitative estimate of drug-likeness (QED) is 0.592. The van der Waals surface area contributed by atoms with Crippen LogP contribution >= 0.6 is 11.8 Å². The van der Waals surface area contributed by atoms with E-state index < -0.39 is 0 Å². The van der Waals surface area contributed by atoms with E-state index in [0.29, 0.717) is 29.2 Å². The highest BCUT2D eigenvalue weighted by Gasteiger charge is 2.14. The van der Waals surface area contributed by atoms with E-state index in [0.717, 1.165) is 11.3 Å². The number of ether oxygens (including phenoxy) is 2. The molecule has 0 saturated carbocycles. The summed E-state index contributed by atoms with van der Waals surface area (Å²) in [5.74, 6) is -0.121. The second-order valence-corrected chi connectivity index (χ2v) is 6.11. The van der Waals surface area contributed by atoms with E-state index in [4.69, 9.17) is 9.47 Å². The van der Waals surface area contributed by atoms with Crippen LogP contribution in [0.4, 0.5) is 5.69 Å². The molecule has 1 N–H and O–H groups in total. The van der Waals surface area contributed by atoms with Gasteiger partial charge in [-0.25, -0.2) is 4.79 Å².